The molecule has 0 saturated carbocycles. The molecule has 0 aliphatic heterocycles. The summed E-state index contributed by atoms with van der Waals surface area (Å²) in [6, 6.07) is 5.91. The fourth-order valence-corrected chi connectivity index (χ4v) is 1.53. The Balaban J connectivity index is 3.03. The Bertz CT molecular complexity index is 363. The summed E-state index contributed by atoms with van der Waals surface area (Å²) in [5.74, 6) is 1.81. The first-order chi connectivity index (χ1) is 7.69. The van der Waals surface area contributed by atoms with Gasteiger partial charge >= 0.3 is 0 Å². The third-order valence-electron chi connectivity index (χ3n) is 2.32. The molecule has 0 amide bonds. The summed E-state index contributed by atoms with van der Waals surface area (Å²) in [6.45, 7) is 6.85. The molecule has 88 valence electrons. The highest BCUT2D eigenvalue weighted by molar-refractivity contribution is 5.46. The molecule has 0 unspecified atom stereocenters. The second-order valence-corrected chi connectivity index (χ2v) is 3.86. The highest BCUT2D eigenvalue weighted by Crippen LogP contribution is 2.29. The van der Waals surface area contributed by atoms with Gasteiger partial charge in [0.1, 0.15) is 11.5 Å². The van der Waals surface area contributed by atoms with E-state index in [0.717, 1.165) is 23.5 Å². The maximum absolute atomic E-state index is 5.60. The average molecular weight is 220 g/mol. The van der Waals surface area contributed by atoms with Gasteiger partial charge in [-0.3, -0.25) is 0 Å². The van der Waals surface area contributed by atoms with Gasteiger partial charge in [0.2, 0.25) is 0 Å². The minimum Gasteiger partial charge on any atom is -0.496 e. The van der Waals surface area contributed by atoms with E-state index in [1.807, 2.05) is 25.1 Å². The van der Waals surface area contributed by atoms with E-state index in [0.29, 0.717) is 6.61 Å². The second-order valence-electron chi connectivity index (χ2n) is 3.86. The lowest BCUT2D eigenvalue weighted by Crippen LogP contribution is -1.99. The minimum absolute atomic E-state index is 0.676. The molecule has 0 N–H and O–H groups in total. The Morgan fingerprint density at radius 2 is 1.94 bits per heavy atom. The number of benzene rings is 1. The van der Waals surface area contributed by atoms with Crippen molar-refractivity contribution in [1.29, 1.82) is 0 Å². The number of hydrogen-bond donors (Lipinski definition) is 0. The standard InChI is InChI=1S/C14H20O2/c1-5-16-14-8-6-7-13(15-4)12(14)10-9-11(2)3/h6-9H,5,10H2,1-4H3. The summed E-state index contributed by atoms with van der Waals surface area (Å²) in [7, 11) is 1.69. The van der Waals surface area contributed by atoms with E-state index < -0.39 is 0 Å². The van der Waals surface area contributed by atoms with E-state index in [9.17, 15) is 0 Å². The molecule has 16 heavy (non-hydrogen) atoms. The summed E-state index contributed by atoms with van der Waals surface area (Å²) in [4.78, 5) is 0. The van der Waals surface area contributed by atoms with Crippen LogP contribution in [0.25, 0.3) is 0 Å². The van der Waals surface area contributed by atoms with Gasteiger partial charge in [0.15, 0.2) is 0 Å². The maximum atomic E-state index is 5.60. The van der Waals surface area contributed by atoms with Crippen molar-refractivity contribution >= 4 is 0 Å². The Morgan fingerprint density at radius 3 is 2.50 bits per heavy atom. The van der Waals surface area contributed by atoms with E-state index in [2.05, 4.69) is 19.9 Å². The number of rotatable bonds is 5. The van der Waals surface area contributed by atoms with Crippen LogP contribution in [0.1, 0.15) is 26.3 Å². The van der Waals surface area contributed by atoms with E-state index in [1.54, 1.807) is 7.11 Å². The molecule has 0 radical (unpaired) electrons. The molecule has 0 heterocycles. The summed E-state index contributed by atoms with van der Waals surface area (Å²) in [5, 5.41) is 0. The van der Waals surface area contributed by atoms with Crippen molar-refractivity contribution in [2.45, 2.75) is 27.2 Å². The van der Waals surface area contributed by atoms with Gasteiger partial charge in [0, 0.05) is 5.56 Å². The van der Waals surface area contributed by atoms with Crippen LogP contribution in [0.3, 0.4) is 0 Å². The third-order valence-corrected chi connectivity index (χ3v) is 2.32. The molecular weight excluding hydrogens is 200 g/mol. The SMILES string of the molecule is CCOc1cccc(OC)c1CC=C(C)C. The predicted molar refractivity (Wildman–Crippen MR) is 67.3 cm³/mol. The van der Waals surface area contributed by atoms with Crippen molar-refractivity contribution in [2.24, 2.45) is 0 Å². The molecule has 0 spiro atoms. The fourth-order valence-electron chi connectivity index (χ4n) is 1.53. The van der Waals surface area contributed by atoms with Crippen molar-refractivity contribution in [1.82, 2.24) is 0 Å². The highest BCUT2D eigenvalue weighted by atomic mass is 16.5. The summed E-state index contributed by atoms with van der Waals surface area (Å²) in [5.41, 5.74) is 2.42. The minimum atomic E-state index is 0.676. The first-order valence-electron chi connectivity index (χ1n) is 5.61. The molecule has 0 fully saturated rings. The van der Waals surface area contributed by atoms with Gasteiger partial charge in [-0.25, -0.2) is 0 Å². The Hall–Kier alpha value is -1.44. The van der Waals surface area contributed by atoms with Crippen molar-refractivity contribution in [2.75, 3.05) is 13.7 Å². The zero-order valence-corrected chi connectivity index (χ0v) is 10.5. The highest BCUT2D eigenvalue weighted by Gasteiger charge is 2.08. The molecular formula is C14H20O2. The second kappa shape index (κ2) is 6.21. The molecule has 2 heteroatoms. The van der Waals surface area contributed by atoms with Gasteiger partial charge in [0.25, 0.3) is 0 Å². The molecule has 1 aromatic rings. The molecule has 1 rings (SSSR count). The predicted octanol–water partition coefficient (Wildman–Crippen LogP) is 3.60. The monoisotopic (exact) mass is 220 g/mol. The van der Waals surface area contributed by atoms with Crippen LogP contribution in [0, 0.1) is 0 Å². The zero-order valence-electron chi connectivity index (χ0n) is 10.5. The lowest BCUT2D eigenvalue weighted by atomic mass is 10.1. The largest absolute Gasteiger partial charge is 0.496 e. The quantitative estimate of drug-likeness (QED) is 0.706. The van der Waals surface area contributed by atoms with Crippen molar-refractivity contribution in [3.63, 3.8) is 0 Å². The molecule has 1 aromatic carbocycles. The fraction of sp³-hybridized carbons (Fsp3) is 0.429. The lowest BCUT2D eigenvalue weighted by molar-refractivity contribution is 0.332. The van der Waals surface area contributed by atoms with E-state index in [-0.39, 0.29) is 0 Å². The van der Waals surface area contributed by atoms with Crippen LogP contribution < -0.4 is 9.47 Å². The lowest BCUT2D eigenvalue weighted by Gasteiger charge is -2.12. The van der Waals surface area contributed by atoms with Gasteiger partial charge in [-0.2, -0.15) is 0 Å². The topological polar surface area (TPSA) is 18.5 Å². The van der Waals surface area contributed by atoms with E-state index in [1.165, 1.54) is 5.57 Å². The van der Waals surface area contributed by atoms with Crippen molar-refractivity contribution in [3.05, 3.63) is 35.4 Å². The van der Waals surface area contributed by atoms with E-state index >= 15 is 0 Å². The third kappa shape index (κ3) is 3.30. The van der Waals surface area contributed by atoms with Crippen LogP contribution in [-0.2, 0) is 6.42 Å². The van der Waals surface area contributed by atoms with Crippen LogP contribution >= 0.6 is 0 Å². The molecule has 2 nitrogen and oxygen atoms in total. The molecule has 0 aromatic heterocycles. The summed E-state index contributed by atoms with van der Waals surface area (Å²) in [6.07, 6.45) is 3.03. The summed E-state index contributed by atoms with van der Waals surface area (Å²) < 4.78 is 11.0. The van der Waals surface area contributed by atoms with Crippen LogP contribution in [0.2, 0.25) is 0 Å². The average Bonchev–Trinajstić information content (AvgIpc) is 2.27. The first kappa shape index (κ1) is 12.6. The van der Waals surface area contributed by atoms with Crippen LogP contribution in [0.4, 0.5) is 0 Å². The van der Waals surface area contributed by atoms with Gasteiger partial charge in [-0.15, -0.1) is 0 Å². The molecule has 0 aliphatic carbocycles. The van der Waals surface area contributed by atoms with E-state index in [4.69, 9.17) is 9.47 Å². The Morgan fingerprint density at radius 1 is 1.25 bits per heavy atom. The van der Waals surface area contributed by atoms with Crippen molar-refractivity contribution < 1.29 is 9.47 Å². The molecule has 0 bridgehead atoms. The number of ether oxygens (including phenoxy) is 2. The number of allylic oxidation sites excluding steroid dienone is 2. The Labute approximate surface area is 97.9 Å². The number of methoxy groups -OCH3 is 1. The molecule has 0 aliphatic rings. The number of hydrogen-bond acceptors (Lipinski definition) is 2. The van der Waals surface area contributed by atoms with Crippen molar-refractivity contribution in [3.8, 4) is 11.5 Å². The first-order valence-corrected chi connectivity index (χ1v) is 5.61. The Kier molecular flexibility index (Phi) is 4.90. The van der Waals surface area contributed by atoms with Gasteiger partial charge in [-0.05, 0) is 39.3 Å². The zero-order chi connectivity index (χ0) is 12.0. The summed E-state index contributed by atoms with van der Waals surface area (Å²) >= 11 is 0. The normalized spacial score (nSPS) is 9.75. The van der Waals surface area contributed by atoms with Crippen LogP contribution in [0.15, 0.2) is 29.8 Å². The van der Waals surface area contributed by atoms with Crippen LogP contribution in [0.5, 0.6) is 11.5 Å². The molecule has 0 atom stereocenters. The van der Waals surface area contributed by atoms with Crippen LogP contribution in [-0.4, -0.2) is 13.7 Å². The van der Waals surface area contributed by atoms with Gasteiger partial charge in [-0.1, -0.05) is 17.7 Å². The maximum Gasteiger partial charge on any atom is 0.126 e. The molecule has 0 saturated heterocycles. The van der Waals surface area contributed by atoms with Gasteiger partial charge in [0.05, 0.1) is 13.7 Å². The smallest absolute Gasteiger partial charge is 0.126 e. The van der Waals surface area contributed by atoms with Gasteiger partial charge < -0.3 is 9.47 Å².